The number of unbranched alkanes of at least 4 members (excludes halogenated alkanes) is 16. The van der Waals surface area contributed by atoms with Crippen LogP contribution in [0.5, 0.6) is 0 Å². The Balaban J connectivity index is 4.41. The summed E-state index contributed by atoms with van der Waals surface area (Å²) in [7, 11) is 5.51. The van der Waals surface area contributed by atoms with Crippen LogP contribution in [0.4, 0.5) is 0 Å². The quantitative estimate of drug-likeness (QED) is 0.0283. The van der Waals surface area contributed by atoms with Gasteiger partial charge < -0.3 is 23.8 Å². The van der Waals surface area contributed by atoms with E-state index in [2.05, 4.69) is 86.8 Å². The summed E-state index contributed by atoms with van der Waals surface area (Å²) < 4.78 is 17.3. The Morgan fingerprint density at radius 1 is 0.517 bits per heavy atom. The van der Waals surface area contributed by atoms with E-state index in [4.69, 9.17) is 14.2 Å². The third kappa shape index (κ3) is 40.2. The normalized spacial score (nSPS) is 13.6. The Hall–Kier alpha value is -3.23. The molecule has 60 heavy (non-hydrogen) atoms. The number of hydrogen-bond donors (Lipinski definition) is 1. The number of esters is 2. The van der Waals surface area contributed by atoms with Crippen LogP contribution in [0.15, 0.2) is 72.9 Å². The van der Waals surface area contributed by atoms with Gasteiger partial charge in [0.25, 0.3) is 0 Å². The third-order valence-electron chi connectivity index (χ3n) is 10.4. The fourth-order valence-corrected chi connectivity index (χ4v) is 6.69. The van der Waals surface area contributed by atoms with Crippen LogP contribution in [0.25, 0.3) is 0 Å². The van der Waals surface area contributed by atoms with Crippen LogP contribution in [0.1, 0.15) is 187 Å². The van der Waals surface area contributed by atoms with Crippen molar-refractivity contribution < 1.29 is 38.2 Å². The van der Waals surface area contributed by atoms with Gasteiger partial charge in [0.15, 0.2) is 12.1 Å². The number of carbonyl (C=O) groups excluding carboxylic acids is 2. The molecule has 0 saturated heterocycles. The predicted octanol–water partition coefficient (Wildman–Crippen LogP) is 13.5. The standard InChI is InChI=1S/C52H89NO7/c1-6-8-10-12-14-16-18-20-22-24-25-26-27-29-31-33-35-37-39-41-43-51(55)60-48(46-58-45-44-49(52(56)57)53(3,4)5)47-59-50(54)42-40-38-36-34-32-30-28-23-21-19-17-15-13-11-9-7-2/h8,10,14,16,20,22,25-26,29,31,35,37,48-49H,6-7,9,11-13,15,17-19,21,23-24,27-28,30,32-34,36,38-47H2,1-5H3/p+1/b10-8+,16-14+,22-20+,26-25+,31-29+,37-35+. The minimum absolute atomic E-state index is 0.0364. The van der Waals surface area contributed by atoms with Crippen LogP contribution in [-0.4, -0.2) is 80.6 Å². The molecule has 0 heterocycles. The maximum Gasteiger partial charge on any atom is 0.362 e. The van der Waals surface area contributed by atoms with Crippen LogP contribution in [0, 0.1) is 0 Å². The number of nitrogens with zero attached hydrogens (tertiary/aromatic N) is 1. The molecular formula is C52H90NO7+. The number of ether oxygens (including phenoxy) is 3. The Bertz CT molecular complexity index is 1210. The number of aliphatic carboxylic acids is 1. The molecule has 0 rings (SSSR count). The van der Waals surface area contributed by atoms with Crippen LogP contribution in [-0.2, 0) is 28.6 Å². The topological polar surface area (TPSA) is 99.1 Å². The summed E-state index contributed by atoms with van der Waals surface area (Å²) in [5.74, 6) is -1.54. The van der Waals surface area contributed by atoms with Crippen molar-refractivity contribution in [1.82, 2.24) is 0 Å². The van der Waals surface area contributed by atoms with Crippen molar-refractivity contribution in [2.45, 2.75) is 199 Å². The van der Waals surface area contributed by atoms with Gasteiger partial charge in [-0.25, -0.2) is 4.79 Å². The molecule has 0 aliphatic rings. The lowest BCUT2D eigenvalue weighted by Crippen LogP contribution is -2.50. The number of likely N-dealkylation sites (N-methyl/N-ethyl adjacent to an activating group) is 1. The SMILES string of the molecule is CC/C=C/C/C=C/C/C=C/C/C=C/C/C=C/C/C=C/CCCC(=O)OC(COCCC(C(=O)O)[N+](C)(C)C)COC(=O)CCCCCCCCCCCCCCCCCC. The molecule has 1 N–H and O–H groups in total. The first-order valence-electron chi connectivity index (χ1n) is 24.0. The average molecular weight is 841 g/mol. The van der Waals surface area contributed by atoms with Gasteiger partial charge in [-0.2, -0.15) is 0 Å². The first-order valence-corrected chi connectivity index (χ1v) is 24.0. The fourth-order valence-electron chi connectivity index (χ4n) is 6.69. The van der Waals surface area contributed by atoms with Gasteiger partial charge in [0.1, 0.15) is 6.61 Å². The zero-order valence-electron chi connectivity index (χ0n) is 39.1. The lowest BCUT2D eigenvalue weighted by atomic mass is 10.0. The van der Waals surface area contributed by atoms with Crippen LogP contribution >= 0.6 is 0 Å². The Morgan fingerprint density at radius 2 is 0.933 bits per heavy atom. The molecule has 8 heteroatoms. The minimum atomic E-state index is -0.885. The number of carboxylic acid groups (broad SMARTS) is 1. The molecule has 0 aromatic heterocycles. The molecule has 0 aliphatic heterocycles. The molecule has 0 radical (unpaired) electrons. The van der Waals surface area contributed by atoms with Gasteiger partial charge in [-0.15, -0.1) is 0 Å². The average Bonchev–Trinajstić information content (AvgIpc) is 3.21. The summed E-state index contributed by atoms with van der Waals surface area (Å²) in [4.78, 5) is 37.1. The summed E-state index contributed by atoms with van der Waals surface area (Å²) in [6.45, 7) is 4.57. The van der Waals surface area contributed by atoms with Gasteiger partial charge in [0, 0.05) is 19.3 Å². The summed E-state index contributed by atoms with van der Waals surface area (Å²) in [5, 5.41) is 9.64. The zero-order chi connectivity index (χ0) is 44.2. The Morgan fingerprint density at radius 3 is 1.37 bits per heavy atom. The Labute approximate surface area is 368 Å². The number of allylic oxidation sites excluding steroid dienone is 12. The molecule has 0 aromatic carbocycles. The van der Waals surface area contributed by atoms with E-state index in [-0.39, 0.29) is 42.7 Å². The van der Waals surface area contributed by atoms with Crippen LogP contribution < -0.4 is 0 Å². The summed E-state index contributed by atoms with van der Waals surface area (Å²) >= 11 is 0. The fraction of sp³-hybridized carbons (Fsp3) is 0.712. The van der Waals surface area contributed by atoms with Gasteiger partial charge in [-0.1, -0.05) is 183 Å². The first-order chi connectivity index (χ1) is 29.1. The van der Waals surface area contributed by atoms with E-state index >= 15 is 0 Å². The molecule has 0 spiro atoms. The molecule has 0 amide bonds. The molecule has 0 aliphatic carbocycles. The van der Waals surface area contributed by atoms with Gasteiger partial charge in [-0.05, 0) is 57.8 Å². The lowest BCUT2D eigenvalue weighted by Gasteiger charge is -2.31. The monoisotopic (exact) mass is 841 g/mol. The summed E-state index contributed by atoms with van der Waals surface area (Å²) in [5.41, 5.74) is 0. The largest absolute Gasteiger partial charge is 0.477 e. The maximum absolute atomic E-state index is 12.7. The smallest absolute Gasteiger partial charge is 0.362 e. The predicted molar refractivity (Wildman–Crippen MR) is 252 cm³/mol. The van der Waals surface area contributed by atoms with E-state index in [9.17, 15) is 19.5 Å². The second-order valence-electron chi connectivity index (χ2n) is 17.0. The molecule has 2 atom stereocenters. The highest BCUT2D eigenvalue weighted by Gasteiger charge is 2.31. The highest BCUT2D eigenvalue weighted by Crippen LogP contribution is 2.15. The van der Waals surface area contributed by atoms with E-state index in [0.717, 1.165) is 64.2 Å². The lowest BCUT2D eigenvalue weighted by molar-refractivity contribution is -0.887. The van der Waals surface area contributed by atoms with Crippen molar-refractivity contribution in [3.8, 4) is 0 Å². The van der Waals surface area contributed by atoms with Crippen molar-refractivity contribution in [2.24, 2.45) is 0 Å². The highest BCUT2D eigenvalue weighted by atomic mass is 16.6. The van der Waals surface area contributed by atoms with Crippen molar-refractivity contribution >= 4 is 17.9 Å². The van der Waals surface area contributed by atoms with Crippen LogP contribution in [0.2, 0.25) is 0 Å². The molecule has 0 fully saturated rings. The maximum atomic E-state index is 12.7. The molecule has 0 bridgehead atoms. The van der Waals surface area contributed by atoms with E-state index in [1.807, 2.05) is 21.1 Å². The number of carboxylic acids is 1. The van der Waals surface area contributed by atoms with E-state index in [1.54, 1.807) is 0 Å². The molecule has 0 aromatic rings. The summed E-state index contributed by atoms with van der Waals surface area (Å²) in [6.07, 6.45) is 53.8. The number of carbonyl (C=O) groups is 3. The molecule has 8 nitrogen and oxygen atoms in total. The van der Waals surface area contributed by atoms with E-state index in [1.165, 1.54) is 83.5 Å². The molecular weight excluding hydrogens is 751 g/mol. The first kappa shape index (κ1) is 56.8. The van der Waals surface area contributed by atoms with Crippen LogP contribution in [0.3, 0.4) is 0 Å². The van der Waals surface area contributed by atoms with Crippen molar-refractivity contribution in [1.29, 1.82) is 0 Å². The highest BCUT2D eigenvalue weighted by molar-refractivity contribution is 5.72. The molecule has 0 saturated carbocycles. The number of rotatable bonds is 42. The van der Waals surface area contributed by atoms with Gasteiger partial charge in [0.05, 0.1) is 34.4 Å². The number of hydrogen-bond acceptors (Lipinski definition) is 6. The summed E-state index contributed by atoms with van der Waals surface area (Å²) in [6, 6.07) is -0.627. The second-order valence-corrected chi connectivity index (χ2v) is 17.0. The minimum Gasteiger partial charge on any atom is -0.477 e. The van der Waals surface area contributed by atoms with Crippen molar-refractivity contribution in [2.75, 3.05) is 41.0 Å². The zero-order valence-corrected chi connectivity index (χ0v) is 39.1. The number of quaternary nitrogens is 1. The van der Waals surface area contributed by atoms with Gasteiger partial charge in [0.2, 0.25) is 0 Å². The van der Waals surface area contributed by atoms with Gasteiger partial charge >= 0.3 is 17.9 Å². The van der Waals surface area contributed by atoms with E-state index in [0.29, 0.717) is 19.3 Å². The molecule has 2 unspecified atom stereocenters. The third-order valence-corrected chi connectivity index (χ3v) is 10.4. The Kier molecular flexibility index (Phi) is 40.2. The van der Waals surface area contributed by atoms with Crippen molar-refractivity contribution in [3.05, 3.63) is 72.9 Å². The molecule has 344 valence electrons. The van der Waals surface area contributed by atoms with Crippen molar-refractivity contribution in [3.63, 3.8) is 0 Å². The second kappa shape index (κ2) is 42.5. The van der Waals surface area contributed by atoms with E-state index < -0.39 is 18.1 Å². The van der Waals surface area contributed by atoms with Gasteiger partial charge in [-0.3, -0.25) is 9.59 Å².